The normalized spacial score (nSPS) is 18.6. The summed E-state index contributed by atoms with van der Waals surface area (Å²) in [5.41, 5.74) is 0.817. The Bertz CT molecular complexity index is 1030. The minimum Gasteiger partial charge on any atom is -0.505 e. The van der Waals surface area contributed by atoms with E-state index in [4.69, 9.17) is 5.11 Å². The number of rotatable bonds is 4. The molecule has 1 amide bonds. The van der Waals surface area contributed by atoms with Gasteiger partial charge in [-0.15, -0.1) is 0 Å². The molecule has 0 saturated heterocycles. The number of carboxylic acids is 1. The van der Waals surface area contributed by atoms with Gasteiger partial charge in [-0.3, -0.25) is 14.4 Å². The van der Waals surface area contributed by atoms with Gasteiger partial charge in [-0.25, -0.2) is 0 Å². The lowest BCUT2D eigenvalue weighted by molar-refractivity contribution is -0.141. The number of ketones is 1. The van der Waals surface area contributed by atoms with Crippen molar-refractivity contribution in [2.45, 2.75) is 44.2 Å². The van der Waals surface area contributed by atoms with Crippen molar-refractivity contribution < 1.29 is 24.6 Å². The molecular formula is C22H22N2O5. The average Bonchev–Trinajstić information content (AvgIpc) is 3.35. The van der Waals surface area contributed by atoms with E-state index in [1.54, 1.807) is 6.07 Å². The molecule has 1 aromatic carbocycles. The molecule has 0 radical (unpaired) electrons. The highest BCUT2D eigenvalue weighted by Gasteiger charge is 2.51. The molecule has 3 N–H and O–H groups in total. The Morgan fingerprint density at radius 2 is 1.69 bits per heavy atom. The van der Waals surface area contributed by atoms with E-state index < -0.39 is 35.0 Å². The second kappa shape index (κ2) is 6.92. The zero-order valence-electron chi connectivity index (χ0n) is 16.0. The van der Waals surface area contributed by atoms with Crippen molar-refractivity contribution in [2.75, 3.05) is 0 Å². The number of aromatic nitrogens is 1. The highest BCUT2D eigenvalue weighted by molar-refractivity contribution is 6.27. The molecule has 7 nitrogen and oxygen atoms in total. The molecule has 0 unspecified atom stereocenters. The summed E-state index contributed by atoms with van der Waals surface area (Å²) in [4.78, 5) is 37.4. The fourth-order valence-electron chi connectivity index (χ4n) is 4.44. The SMILES string of the molecule is C[C@@H](NC(=O)C1=C(O)c2ccc(-c3ccccc3)n2C2(CCCC2)C1=O)C(=O)O. The van der Waals surface area contributed by atoms with Gasteiger partial charge in [0.1, 0.15) is 17.2 Å². The molecule has 7 heteroatoms. The van der Waals surface area contributed by atoms with E-state index in [-0.39, 0.29) is 5.57 Å². The van der Waals surface area contributed by atoms with Crippen LogP contribution in [0, 0.1) is 0 Å². The predicted molar refractivity (Wildman–Crippen MR) is 106 cm³/mol. The first-order valence-corrected chi connectivity index (χ1v) is 9.66. The van der Waals surface area contributed by atoms with Crippen LogP contribution in [0.5, 0.6) is 0 Å². The maximum absolute atomic E-state index is 13.6. The topological polar surface area (TPSA) is 109 Å². The van der Waals surface area contributed by atoms with Crippen LogP contribution in [-0.4, -0.2) is 38.5 Å². The molecule has 0 bridgehead atoms. The Balaban J connectivity index is 1.88. The summed E-state index contributed by atoms with van der Waals surface area (Å²) in [7, 11) is 0. The number of amides is 1. The van der Waals surface area contributed by atoms with Crippen LogP contribution in [0.15, 0.2) is 48.0 Å². The van der Waals surface area contributed by atoms with Gasteiger partial charge < -0.3 is 20.1 Å². The zero-order valence-corrected chi connectivity index (χ0v) is 16.0. The number of hydrogen-bond donors (Lipinski definition) is 3. The molecule has 2 aromatic rings. The zero-order chi connectivity index (χ0) is 20.8. The number of Topliss-reactive ketones (excluding diaryl/α,β-unsaturated/α-hetero) is 1. The minimum absolute atomic E-state index is 0.356. The minimum atomic E-state index is -1.22. The number of carbonyl (C=O) groups excluding carboxylic acids is 2. The Kier molecular flexibility index (Phi) is 4.53. The van der Waals surface area contributed by atoms with Gasteiger partial charge in [0.2, 0.25) is 0 Å². The smallest absolute Gasteiger partial charge is 0.325 e. The van der Waals surface area contributed by atoms with Crippen molar-refractivity contribution in [3.8, 4) is 11.3 Å². The van der Waals surface area contributed by atoms with Crippen molar-refractivity contribution in [1.29, 1.82) is 0 Å². The molecule has 1 aliphatic heterocycles. The van der Waals surface area contributed by atoms with Gasteiger partial charge in [0.15, 0.2) is 11.5 Å². The number of carbonyl (C=O) groups is 3. The predicted octanol–water partition coefficient (Wildman–Crippen LogP) is 2.87. The molecule has 1 aromatic heterocycles. The molecule has 1 spiro atoms. The molecule has 2 heterocycles. The summed E-state index contributed by atoms with van der Waals surface area (Å²) < 4.78 is 1.87. The van der Waals surface area contributed by atoms with Crippen LogP contribution < -0.4 is 5.32 Å². The van der Waals surface area contributed by atoms with Crippen molar-refractivity contribution >= 4 is 23.4 Å². The lowest BCUT2D eigenvalue weighted by Crippen LogP contribution is -2.49. The van der Waals surface area contributed by atoms with Crippen LogP contribution in [0.25, 0.3) is 17.0 Å². The second-order valence-corrected chi connectivity index (χ2v) is 7.63. The van der Waals surface area contributed by atoms with Crippen LogP contribution >= 0.6 is 0 Å². The fourth-order valence-corrected chi connectivity index (χ4v) is 4.44. The van der Waals surface area contributed by atoms with Crippen LogP contribution in [0.4, 0.5) is 0 Å². The van der Waals surface area contributed by atoms with Crippen molar-refractivity contribution in [3.63, 3.8) is 0 Å². The maximum Gasteiger partial charge on any atom is 0.325 e. The summed E-state index contributed by atoms with van der Waals surface area (Å²) in [5.74, 6) is -2.94. The van der Waals surface area contributed by atoms with Crippen molar-refractivity contribution in [3.05, 3.63) is 53.7 Å². The Morgan fingerprint density at radius 3 is 2.31 bits per heavy atom. The third-order valence-corrected chi connectivity index (χ3v) is 5.88. The van der Waals surface area contributed by atoms with Crippen LogP contribution in [0.2, 0.25) is 0 Å². The first-order valence-electron chi connectivity index (χ1n) is 9.66. The summed E-state index contributed by atoms with van der Waals surface area (Å²) in [5, 5.41) is 22.2. The van der Waals surface area contributed by atoms with Crippen molar-refractivity contribution in [1.82, 2.24) is 9.88 Å². The molecule has 150 valence electrons. The van der Waals surface area contributed by atoms with Gasteiger partial charge in [-0.1, -0.05) is 43.2 Å². The molecule has 1 atom stereocenters. The number of benzene rings is 1. The molecule has 29 heavy (non-hydrogen) atoms. The van der Waals surface area contributed by atoms with Crippen LogP contribution in [0.3, 0.4) is 0 Å². The second-order valence-electron chi connectivity index (χ2n) is 7.63. The number of hydrogen-bond acceptors (Lipinski definition) is 4. The van der Waals surface area contributed by atoms with Crippen LogP contribution in [-0.2, 0) is 19.9 Å². The number of aliphatic hydroxyl groups is 1. The highest BCUT2D eigenvalue weighted by atomic mass is 16.4. The van der Waals surface area contributed by atoms with E-state index in [0.29, 0.717) is 18.5 Å². The van der Waals surface area contributed by atoms with Gasteiger partial charge in [0.25, 0.3) is 5.91 Å². The lowest BCUT2D eigenvalue weighted by Gasteiger charge is -2.37. The Hall–Kier alpha value is -3.35. The number of fused-ring (bicyclic) bond motifs is 2. The average molecular weight is 394 g/mol. The Labute approximate surface area is 167 Å². The standard InChI is InChI=1S/C22H22N2O5/c1-13(21(28)29)23-20(27)17-18(25)16-10-9-15(14-7-3-2-4-8-14)24(16)22(19(17)26)11-5-6-12-22/h2-4,7-10,13,25H,5-6,11-12H2,1H3,(H,23,27)(H,28,29)/t13-/m1/s1. The van der Waals surface area contributed by atoms with Gasteiger partial charge in [-0.2, -0.15) is 0 Å². The molecule has 1 fully saturated rings. The molecule has 1 aliphatic carbocycles. The summed E-state index contributed by atoms with van der Waals surface area (Å²) in [6, 6.07) is 12.0. The monoisotopic (exact) mass is 394 g/mol. The largest absolute Gasteiger partial charge is 0.505 e. The van der Waals surface area contributed by atoms with Gasteiger partial charge in [0.05, 0.1) is 5.69 Å². The first-order chi connectivity index (χ1) is 13.9. The summed E-state index contributed by atoms with van der Waals surface area (Å²) in [6.45, 7) is 1.31. The van der Waals surface area contributed by atoms with E-state index >= 15 is 0 Å². The van der Waals surface area contributed by atoms with E-state index in [1.165, 1.54) is 6.92 Å². The molecule has 1 saturated carbocycles. The van der Waals surface area contributed by atoms with E-state index in [2.05, 4.69) is 5.32 Å². The molecule has 4 rings (SSSR count). The highest BCUT2D eigenvalue weighted by Crippen LogP contribution is 2.47. The van der Waals surface area contributed by atoms with E-state index in [9.17, 15) is 19.5 Å². The molecule has 2 aliphatic rings. The Morgan fingerprint density at radius 1 is 1.07 bits per heavy atom. The quantitative estimate of drug-likeness (QED) is 0.691. The summed E-state index contributed by atoms with van der Waals surface area (Å²) >= 11 is 0. The third-order valence-electron chi connectivity index (χ3n) is 5.88. The number of nitrogens with one attached hydrogen (secondary N) is 1. The van der Waals surface area contributed by atoms with Gasteiger partial charge in [0, 0.05) is 5.69 Å². The number of carboxylic acid groups (broad SMARTS) is 1. The fraction of sp³-hybridized carbons (Fsp3) is 0.318. The van der Waals surface area contributed by atoms with Crippen molar-refractivity contribution in [2.24, 2.45) is 0 Å². The first kappa shape index (κ1) is 19.0. The van der Waals surface area contributed by atoms with Gasteiger partial charge >= 0.3 is 5.97 Å². The number of aliphatic carboxylic acids is 1. The van der Waals surface area contributed by atoms with Crippen LogP contribution in [0.1, 0.15) is 38.3 Å². The van der Waals surface area contributed by atoms with E-state index in [0.717, 1.165) is 24.1 Å². The summed E-state index contributed by atoms with van der Waals surface area (Å²) in [6.07, 6.45) is 2.79. The van der Waals surface area contributed by atoms with E-state index in [1.807, 2.05) is 41.0 Å². The third kappa shape index (κ3) is 2.85. The lowest BCUT2D eigenvalue weighted by atomic mass is 9.82. The van der Waals surface area contributed by atoms with Gasteiger partial charge in [-0.05, 0) is 37.5 Å². The number of nitrogens with zero attached hydrogens (tertiary/aromatic N) is 1. The number of aliphatic hydroxyl groups excluding tert-OH is 1. The maximum atomic E-state index is 13.6. The molecular weight excluding hydrogens is 372 g/mol.